The van der Waals surface area contributed by atoms with Gasteiger partial charge in [-0.1, -0.05) is 11.6 Å². The molecule has 0 spiro atoms. The lowest BCUT2D eigenvalue weighted by Gasteiger charge is -1.99. The Morgan fingerprint density at radius 3 is 2.73 bits per heavy atom. The molecule has 15 heavy (non-hydrogen) atoms. The van der Waals surface area contributed by atoms with Crippen molar-refractivity contribution in [2.45, 2.75) is 6.92 Å². The Hall–Kier alpha value is -1.68. The van der Waals surface area contributed by atoms with Crippen molar-refractivity contribution in [1.29, 1.82) is 0 Å². The Morgan fingerprint density at radius 1 is 1.47 bits per heavy atom. The number of hydrogen-bond acceptors (Lipinski definition) is 3. The van der Waals surface area contributed by atoms with Crippen LogP contribution in [0, 0.1) is 6.92 Å². The minimum absolute atomic E-state index is 0.397. The second-order valence-corrected chi connectivity index (χ2v) is 3.47. The molecular formula is C10H8ClN3O. The molecule has 0 radical (unpaired) electrons. The zero-order valence-electron chi connectivity index (χ0n) is 8.01. The Labute approximate surface area is 91.5 Å². The van der Waals surface area contributed by atoms with Gasteiger partial charge in [0, 0.05) is 6.20 Å². The minimum atomic E-state index is 0.397. The number of aryl methyl sites for hydroxylation is 1. The molecule has 2 aromatic heterocycles. The lowest BCUT2D eigenvalue weighted by Crippen LogP contribution is -1.96. The number of aldehydes is 1. The topological polar surface area (TPSA) is 47.8 Å². The van der Waals surface area contributed by atoms with Crippen LogP contribution in [-0.2, 0) is 0 Å². The van der Waals surface area contributed by atoms with Gasteiger partial charge in [0.15, 0.2) is 6.29 Å². The maximum atomic E-state index is 10.4. The van der Waals surface area contributed by atoms with Gasteiger partial charge in [-0.05, 0) is 19.1 Å². The zero-order chi connectivity index (χ0) is 10.8. The van der Waals surface area contributed by atoms with Gasteiger partial charge in [-0.2, -0.15) is 5.10 Å². The van der Waals surface area contributed by atoms with Crippen LogP contribution in [0.3, 0.4) is 0 Å². The summed E-state index contributed by atoms with van der Waals surface area (Å²) < 4.78 is 1.62. The first-order valence-corrected chi connectivity index (χ1v) is 4.72. The van der Waals surface area contributed by atoms with Crippen molar-refractivity contribution >= 4 is 17.9 Å². The highest BCUT2D eigenvalue weighted by molar-refractivity contribution is 6.31. The zero-order valence-corrected chi connectivity index (χ0v) is 8.77. The van der Waals surface area contributed by atoms with Gasteiger partial charge in [-0.15, -0.1) is 0 Å². The summed E-state index contributed by atoms with van der Waals surface area (Å²) in [6.45, 7) is 1.83. The van der Waals surface area contributed by atoms with E-state index in [0.717, 1.165) is 11.4 Å². The summed E-state index contributed by atoms with van der Waals surface area (Å²) >= 11 is 5.88. The summed E-state index contributed by atoms with van der Waals surface area (Å²) in [4.78, 5) is 14.3. The van der Waals surface area contributed by atoms with Crippen LogP contribution in [0.15, 0.2) is 24.5 Å². The van der Waals surface area contributed by atoms with Crippen molar-refractivity contribution in [3.8, 4) is 5.69 Å². The first-order chi connectivity index (χ1) is 7.20. The number of carbonyl (C=O) groups is 1. The van der Waals surface area contributed by atoms with Gasteiger partial charge in [-0.25, -0.2) is 4.68 Å². The van der Waals surface area contributed by atoms with E-state index in [2.05, 4.69) is 10.1 Å². The van der Waals surface area contributed by atoms with Gasteiger partial charge >= 0.3 is 0 Å². The lowest BCUT2D eigenvalue weighted by atomic mass is 10.3. The van der Waals surface area contributed by atoms with Crippen LogP contribution in [0.1, 0.15) is 16.2 Å². The van der Waals surface area contributed by atoms with Crippen LogP contribution >= 0.6 is 11.6 Å². The van der Waals surface area contributed by atoms with E-state index >= 15 is 0 Å². The molecule has 2 heterocycles. The number of aromatic nitrogens is 3. The van der Waals surface area contributed by atoms with E-state index in [-0.39, 0.29) is 0 Å². The highest BCUT2D eigenvalue weighted by Gasteiger charge is 2.03. The monoisotopic (exact) mass is 221 g/mol. The molecule has 0 saturated carbocycles. The molecular weight excluding hydrogens is 214 g/mol. The summed E-state index contributed by atoms with van der Waals surface area (Å²) in [7, 11) is 0. The first-order valence-electron chi connectivity index (χ1n) is 4.34. The maximum Gasteiger partial charge on any atom is 0.168 e. The van der Waals surface area contributed by atoms with E-state index in [0.29, 0.717) is 17.0 Å². The Kier molecular flexibility index (Phi) is 2.51. The van der Waals surface area contributed by atoms with Crippen LogP contribution in [0.5, 0.6) is 0 Å². The second-order valence-electron chi connectivity index (χ2n) is 3.07. The molecule has 2 aromatic rings. The standard InChI is InChI=1S/C10H8ClN3O/c1-7-10(11)5-14(13-7)9-3-2-8(6-15)12-4-9/h2-6H,1H3. The molecule has 0 aromatic carbocycles. The number of halogens is 1. The molecule has 76 valence electrons. The highest BCUT2D eigenvalue weighted by atomic mass is 35.5. The van der Waals surface area contributed by atoms with Crippen LogP contribution in [0.2, 0.25) is 5.02 Å². The van der Waals surface area contributed by atoms with Gasteiger partial charge in [0.25, 0.3) is 0 Å². The van der Waals surface area contributed by atoms with E-state index in [1.165, 1.54) is 0 Å². The van der Waals surface area contributed by atoms with Gasteiger partial charge in [-0.3, -0.25) is 9.78 Å². The van der Waals surface area contributed by atoms with Crippen molar-refractivity contribution in [3.63, 3.8) is 0 Å². The van der Waals surface area contributed by atoms with Crippen molar-refractivity contribution in [1.82, 2.24) is 14.8 Å². The lowest BCUT2D eigenvalue weighted by molar-refractivity contribution is 0.111. The third kappa shape index (κ3) is 1.89. The number of carbonyl (C=O) groups excluding carboxylic acids is 1. The third-order valence-corrected chi connectivity index (χ3v) is 2.37. The summed E-state index contributed by atoms with van der Waals surface area (Å²) in [5.74, 6) is 0. The number of nitrogens with zero attached hydrogens (tertiary/aromatic N) is 3. The molecule has 0 aliphatic rings. The molecule has 0 unspecified atom stereocenters. The molecule has 0 fully saturated rings. The Balaban J connectivity index is 2.41. The van der Waals surface area contributed by atoms with Crippen LogP contribution < -0.4 is 0 Å². The van der Waals surface area contributed by atoms with E-state index in [9.17, 15) is 4.79 Å². The summed E-state index contributed by atoms with van der Waals surface area (Å²) in [6, 6.07) is 3.40. The predicted octanol–water partition coefficient (Wildman–Crippen LogP) is 2.04. The molecule has 0 aliphatic carbocycles. The first kappa shape index (κ1) is 9.86. The number of rotatable bonds is 2. The molecule has 5 heteroatoms. The molecule has 0 atom stereocenters. The molecule has 0 N–H and O–H groups in total. The molecule has 4 nitrogen and oxygen atoms in total. The average Bonchev–Trinajstić information content (AvgIpc) is 2.59. The molecule has 0 aliphatic heterocycles. The van der Waals surface area contributed by atoms with E-state index in [1.807, 2.05) is 6.92 Å². The Morgan fingerprint density at radius 2 is 2.27 bits per heavy atom. The number of pyridine rings is 1. The van der Waals surface area contributed by atoms with Gasteiger partial charge in [0.2, 0.25) is 0 Å². The van der Waals surface area contributed by atoms with E-state index < -0.39 is 0 Å². The van der Waals surface area contributed by atoms with Crippen molar-refractivity contribution in [2.24, 2.45) is 0 Å². The van der Waals surface area contributed by atoms with Crippen LogP contribution in [-0.4, -0.2) is 21.1 Å². The molecule has 0 bridgehead atoms. The molecule has 0 amide bonds. The fourth-order valence-electron chi connectivity index (χ4n) is 1.17. The SMILES string of the molecule is Cc1nn(-c2ccc(C=O)nc2)cc1Cl. The van der Waals surface area contributed by atoms with Crippen molar-refractivity contribution in [2.75, 3.05) is 0 Å². The van der Waals surface area contributed by atoms with Crippen LogP contribution in [0.25, 0.3) is 5.69 Å². The molecule has 2 rings (SSSR count). The summed E-state index contributed by atoms with van der Waals surface area (Å²) in [5, 5.41) is 4.80. The van der Waals surface area contributed by atoms with Gasteiger partial charge in [0.05, 0.1) is 22.6 Å². The number of hydrogen-bond donors (Lipinski definition) is 0. The Bertz CT molecular complexity index is 470. The van der Waals surface area contributed by atoms with Crippen molar-refractivity contribution in [3.05, 3.63) is 40.9 Å². The fourth-order valence-corrected chi connectivity index (χ4v) is 1.30. The predicted molar refractivity (Wildman–Crippen MR) is 56.5 cm³/mol. The summed E-state index contributed by atoms with van der Waals surface area (Å²) in [5.41, 5.74) is 1.93. The third-order valence-electron chi connectivity index (χ3n) is 2.00. The highest BCUT2D eigenvalue weighted by Crippen LogP contribution is 2.15. The van der Waals surface area contributed by atoms with Crippen LogP contribution in [0.4, 0.5) is 0 Å². The fraction of sp³-hybridized carbons (Fsp3) is 0.100. The van der Waals surface area contributed by atoms with Gasteiger partial charge < -0.3 is 0 Å². The molecule has 0 saturated heterocycles. The smallest absolute Gasteiger partial charge is 0.168 e. The average molecular weight is 222 g/mol. The van der Waals surface area contributed by atoms with E-state index in [1.54, 1.807) is 29.2 Å². The quantitative estimate of drug-likeness (QED) is 0.730. The van der Waals surface area contributed by atoms with E-state index in [4.69, 9.17) is 11.6 Å². The van der Waals surface area contributed by atoms with Gasteiger partial charge in [0.1, 0.15) is 5.69 Å². The normalized spacial score (nSPS) is 10.3. The maximum absolute atomic E-state index is 10.4. The van der Waals surface area contributed by atoms with Crippen molar-refractivity contribution < 1.29 is 4.79 Å². The largest absolute Gasteiger partial charge is 0.296 e. The summed E-state index contributed by atoms with van der Waals surface area (Å²) in [6.07, 6.45) is 3.98. The minimum Gasteiger partial charge on any atom is -0.296 e. The second kappa shape index (κ2) is 3.82.